The third-order valence-corrected chi connectivity index (χ3v) is 4.54. The Balaban J connectivity index is 1.88. The van der Waals surface area contributed by atoms with Gasteiger partial charge in [-0.05, 0) is 42.9 Å². The number of aliphatic hydroxyl groups excluding tert-OH is 1. The maximum Gasteiger partial charge on any atom is 0.123 e. The number of hydrogen-bond acceptors (Lipinski definition) is 5. The van der Waals surface area contributed by atoms with Gasteiger partial charge >= 0.3 is 0 Å². The Morgan fingerprint density at radius 2 is 2.08 bits per heavy atom. The first-order valence-electron chi connectivity index (χ1n) is 8.78. The molecular weight excluding hydrogens is 304 g/mol. The number of rotatable bonds is 7. The first-order chi connectivity index (χ1) is 11.3. The fraction of sp³-hybridized carbons (Fsp3) is 0.684. The third-order valence-electron chi connectivity index (χ3n) is 4.54. The molecule has 5 heteroatoms. The third kappa shape index (κ3) is 5.36. The van der Waals surface area contributed by atoms with Crippen LogP contribution in [0.4, 0.5) is 0 Å². The number of hydrogen-bond donors (Lipinski definition) is 3. The quantitative estimate of drug-likeness (QED) is 0.712. The lowest BCUT2D eigenvalue weighted by Gasteiger charge is -2.24. The normalized spacial score (nSPS) is 22.4. The summed E-state index contributed by atoms with van der Waals surface area (Å²) in [5.74, 6) is 1.61. The molecule has 1 saturated carbocycles. The van der Waals surface area contributed by atoms with Crippen molar-refractivity contribution in [3.63, 3.8) is 0 Å². The highest BCUT2D eigenvalue weighted by Gasteiger charge is 2.23. The van der Waals surface area contributed by atoms with E-state index >= 15 is 0 Å². The molecule has 1 aliphatic rings. The van der Waals surface area contributed by atoms with Crippen LogP contribution in [0.5, 0.6) is 11.5 Å². The molecule has 0 aromatic heterocycles. The Morgan fingerprint density at radius 3 is 2.67 bits per heavy atom. The van der Waals surface area contributed by atoms with E-state index in [0.717, 1.165) is 36.3 Å². The monoisotopic (exact) mass is 336 g/mol. The van der Waals surface area contributed by atoms with Crippen molar-refractivity contribution >= 4 is 0 Å². The second-order valence-corrected chi connectivity index (χ2v) is 7.76. The highest BCUT2D eigenvalue weighted by atomic mass is 16.5. The van der Waals surface area contributed by atoms with Crippen LogP contribution >= 0.6 is 0 Å². The Kier molecular flexibility index (Phi) is 6.49. The Morgan fingerprint density at radius 1 is 1.33 bits per heavy atom. The van der Waals surface area contributed by atoms with Gasteiger partial charge in [0.1, 0.15) is 24.2 Å². The molecule has 1 aromatic rings. The van der Waals surface area contributed by atoms with Crippen LogP contribution in [0, 0.1) is 0 Å². The molecule has 0 amide bonds. The molecule has 0 radical (unpaired) electrons. The lowest BCUT2D eigenvalue weighted by Crippen LogP contribution is -2.37. The van der Waals surface area contributed by atoms with E-state index in [1.54, 1.807) is 7.11 Å². The minimum Gasteiger partial charge on any atom is -0.497 e. The molecule has 0 heterocycles. The molecule has 0 spiro atoms. The molecule has 2 rings (SSSR count). The summed E-state index contributed by atoms with van der Waals surface area (Å²) in [6.07, 6.45) is 2.59. The molecule has 0 bridgehead atoms. The van der Waals surface area contributed by atoms with Gasteiger partial charge in [0.15, 0.2) is 0 Å². The summed E-state index contributed by atoms with van der Waals surface area (Å²) in [6, 6.07) is 6.51. The lowest BCUT2D eigenvalue weighted by molar-refractivity contribution is 0.102. The summed E-state index contributed by atoms with van der Waals surface area (Å²) in [7, 11) is 1.66. The van der Waals surface area contributed by atoms with Crippen LogP contribution in [-0.2, 0) is 5.41 Å². The van der Waals surface area contributed by atoms with Crippen molar-refractivity contribution in [2.75, 3.05) is 20.3 Å². The van der Waals surface area contributed by atoms with Gasteiger partial charge in [-0.25, -0.2) is 0 Å². The summed E-state index contributed by atoms with van der Waals surface area (Å²) in [5.41, 5.74) is 6.92. The van der Waals surface area contributed by atoms with Crippen LogP contribution < -0.4 is 20.5 Å². The van der Waals surface area contributed by atoms with Crippen LogP contribution in [0.15, 0.2) is 18.2 Å². The zero-order valence-corrected chi connectivity index (χ0v) is 15.3. The molecule has 0 saturated heterocycles. The molecule has 0 aliphatic heterocycles. The molecule has 5 nitrogen and oxygen atoms in total. The van der Waals surface area contributed by atoms with Crippen molar-refractivity contribution in [1.82, 2.24) is 5.32 Å². The van der Waals surface area contributed by atoms with Crippen molar-refractivity contribution in [3.05, 3.63) is 23.8 Å². The van der Waals surface area contributed by atoms with Crippen LogP contribution in [-0.4, -0.2) is 43.6 Å². The minimum absolute atomic E-state index is 0.0624. The average Bonchev–Trinajstić information content (AvgIpc) is 2.95. The van der Waals surface area contributed by atoms with E-state index in [1.165, 1.54) is 0 Å². The van der Waals surface area contributed by atoms with Gasteiger partial charge in [0, 0.05) is 24.2 Å². The van der Waals surface area contributed by atoms with Gasteiger partial charge in [-0.3, -0.25) is 0 Å². The predicted molar refractivity (Wildman–Crippen MR) is 96.8 cm³/mol. The summed E-state index contributed by atoms with van der Waals surface area (Å²) in [4.78, 5) is 0. The lowest BCUT2D eigenvalue weighted by atomic mass is 9.86. The fourth-order valence-corrected chi connectivity index (χ4v) is 3.10. The zero-order chi connectivity index (χ0) is 17.7. The van der Waals surface area contributed by atoms with E-state index in [4.69, 9.17) is 15.2 Å². The first-order valence-corrected chi connectivity index (χ1v) is 8.78. The number of nitrogens with one attached hydrogen (secondary N) is 1. The number of methoxy groups -OCH3 is 1. The largest absolute Gasteiger partial charge is 0.497 e. The van der Waals surface area contributed by atoms with Crippen LogP contribution in [0.2, 0.25) is 0 Å². The van der Waals surface area contributed by atoms with E-state index in [9.17, 15) is 5.11 Å². The Labute approximate surface area is 145 Å². The molecule has 1 aromatic carbocycles. The highest BCUT2D eigenvalue weighted by molar-refractivity contribution is 5.44. The van der Waals surface area contributed by atoms with Crippen molar-refractivity contribution in [2.45, 2.75) is 63.6 Å². The molecule has 1 aliphatic carbocycles. The number of benzene rings is 1. The second kappa shape index (κ2) is 8.19. The summed E-state index contributed by atoms with van der Waals surface area (Å²) in [5, 5.41) is 13.6. The van der Waals surface area contributed by atoms with Gasteiger partial charge in [0.05, 0.1) is 7.11 Å². The van der Waals surface area contributed by atoms with Gasteiger partial charge in [-0.15, -0.1) is 0 Å². The van der Waals surface area contributed by atoms with Crippen LogP contribution in [0.25, 0.3) is 0 Å². The Hall–Kier alpha value is -1.30. The summed E-state index contributed by atoms with van der Waals surface area (Å²) >= 11 is 0. The summed E-state index contributed by atoms with van der Waals surface area (Å²) < 4.78 is 11.2. The average molecular weight is 336 g/mol. The molecular formula is C19H32N2O3. The van der Waals surface area contributed by atoms with Gasteiger partial charge in [-0.2, -0.15) is 0 Å². The maximum absolute atomic E-state index is 10.2. The molecule has 3 atom stereocenters. The smallest absolute Gasteiger partial charge is 0.123 e. The number of aliphatic hydroxyl groups is 1. The standard InChI is InChI=1S/C19H32N2O3/c1-19(2,3)17-10-16(23-4)7-8-18(17)24-12-15(22)11-21-14-6-5-13(20)9-14/h7-8,10,13-15,21-22H,5-6,9,11-12,20H2,1-4H3. The van der Waals surface area contributed by atoms with Crippen molar-refractivity contribution in [1.29, 1.82) is 0 Å². The van der Waals surface area contributed by atoms with E-state index in [-0.39, 0.29) is 12.0 Å². The molecule has 1 fully saturated rings. The van der Waals surface area contributed by atoms with E-state index in [1.807, 2.05) is 18.2 Å². The van der Waals surface area contributed by atoms with Gasteiger partial charge in [0.25, 0.3) is 0 Å². The molecule has 4 N–H and O–H groups in total. The number of nitrogens with two attached hydrogens (primary N) is 1. The SMILES string of the molecule is COc1ccc(OCC(O)CNC2CCC(N)C2)c(C(C)(C)C)c1. The van der Waals surface area contributed by atoms with E-state index in [2.05, 4.69) is 26.1 Å². The summed E-state index contributed by atoms with van der Waals surface area (Å²) in [6.45, 7) is 7.20. The molecule has 24 heavy (non-hydrogen) atoms. The van der Waals surface area contributed by atoms with Gasteiger partial charge in [-0.1, -0.05) is 20.8 Å². The second-order valence-electron chi connectivity index (χ2n) is 7.76. The predicted octanol–water partition coefficient (Wildman–Crippen LogP) is 2.20. The topological polar surface area (TPSA) is 76.7 Å². The van der Waals surface area contributed by atoms with E-state index < -0.39 is 6.10 Å². The van der Waals surface area contributed by atoms with Crippen molar-refractivity contribution in [2.24, 2.45) is 5.73 Å². The maximum atomic E-state index is 10.2. The van der Waals surface area contributed by atoms with Crippen LogP contribution in [0.3, 0.4) is 0 Å². The molecule has 136 valence electrons. The van der Waals surface area contributed by atoms with Crippen molar-refractivity contribution in [3.8, 4) is 11.5 Å². The van der Waals surface area contributed by atoms with Crippen LogP contribution in [0.1, 0.15) is 45.6 Å². The van der Waals surface area contributed by atoms with Gasteiger partial charge < -0.3 is 25.6 Å². The minimum atomic E-state index is -0.545. The zero-order valence-electron chi connectivity index (χ0n) is 15.3. The first kappa shape index (κ1) is 19.0. The number of ether oxygens (including phenoxy) is 2. The molecule has 3 unspecified atom stereocenters. The fourth-order valence-electron chi connectivity index (χ4n) is 3.10. The Bertz CT molecular complexity index is 528. The van der Waals surface area contributed by atoms with Gasteiger partial charge in [0.2, 0.25) is 0 Å². The van der Waals surface area contributed by atoms with E-state index in [0.29, 0.717) is 18.6 Å². The highest BCUT2D eigenvalue weighted by Crippen LogP contribution is 2.34. The van der Waals surface area contributed by atoms with Crippen molar-refractivity contribution < 1.29 is 14.6 Å².